The highest BCUT2D eigenvalue weighted by atomic mass is 35.5. The van der Waals surface area contributed by atoms with Crippen LogP contribution < -0.4 is 10.9 Å². The molecule has 5 aromatic rings. The number of carboxylic acid groups (broad SMARTS) is 1. The van der Waals surface area contributed by atoms with E-state index in [4.69, 9.17) is 20.4 Å². The van der Waals surface area contributed by atoms with Crippen LogP contribution in [0.15, 0.2) is 80.4 Å². The number of aryl methyl sites for hydroxylation is 2. The summed E-state index contributed by atoms with van der Waals surface area (Å²) in [5, 5.41) is 14.2. The summed E-state index contributed by atoms with van der Waals surface area (Å²) < 4.78 is 11.5. The molecule has 0 bridgehead atoms. The maximum absolute atomic E-state index is 12.9. The summed E-state index contributed by atoms with van der Waals surface area (Å²) in [4.78, 5) is 37.5. The van der Waals surface area contributed by atoms with Gasteiger partial charge in [0.15, 0.2) is 0 Å². The van der Waals surface area contributed by atoms with E-state index in [1.54, 1.807) is 37.3 Å². The van der Waals surface area contributed by atoms with Crippen LogP contribution in [0.4, 0.5) is 0 Å². The number of halogens is 1. The molecule has 1 amide bonds. The second-order valence-corrected chi connectivity index (χ2v) is 9.64. The van der Waals surface area contributed by atoms with Crippen LogP contribution in [0.3, 0.4) is 0 Å². The molecule has 7 nitrogen and oxygen atoms in total. The van der Waals surface area contributed by atoms with E-state index in [0.29, 0.717) is 32.7 Å². The van der Waals surface area contributed by atoms with Gasteiger partial charge in [0.05, 0.1) is 12.0 Å². The Kier molecular flexibility index (Phi) is 6.78. The molecule has 0 spiro atoms. The smallest absolute Gasteiger partial charge is 0.340 e. The Labute approximate surface area is 222 Å². The Bertz CT molecular complexity index is 1740. The van der Waals surface area contributed by atoms with Crippen LogP contribution >= 0.6 is 11.6 Å². The Morgan fingerprint density at radius 1 is 0.947 bits per heavy atom. The van der Waals surface area contributed by atoms with Crippen molar-refractivity contribution in [3.05, 3.63) is 105 Å². The number of benzene rings is 3. The fraction of sp³-hybridized carbons (Fsp3) is 0.167. The van der Waals surface area contributed by atoms with Crippen LogP contribution in [0.2, 0.25) is 5.02 Å². The van der Waals surface area contributed by atoms with Gasteiger partial charge in [-0.05, 0) is 48.7 Å². The van der Waals surface area contributed by atoms with Gasteiger partial charge in [-0.15, -0.1) is 0 Å². The summed E-state index contributed by atoms with van der Waals surface area (Å²) in [5.41, 5.74) is 3.70. The third kappa shape index (κ3) is 4.93. The number of aliphatic carboxylic acids is 1. The fourth-order valence-corrected chi connectivity index (χ4v) is 4.86. The normalized spacial score (nSPS) is 12.1. The molecule has 0 aliphatic heterocycles. The number of hydrogen-bond acceptors (Lipinski definition) is 5. The molecule has 0 radical (unpaired) electrons. The highest BCUT2D eigenvalue weighted by molar-refractivity contribution is 6.30. The molecule has 0 unspecified atom stereocenters. The van der Waals surface area contributed by atoms with E-state index in [-0.39, 0.29) is 18.4 Å². The number of amides is 1. The number of carboxylic acids is 1. The molecule has 0 fully saturated rings. The predicted octanol–water partition coefficient (Wildman–Crippen LogP) is 5.83. The van der Waals surface area contributed by atoms with Crippen molar-refractivity contribution < 1.29 is 23.5 Å². The van der Waals surface area contributed by atoms with Crippen LogP contribution in [0, 0.1) is 13.8 Å². The minimum Gasteiger partial charge on any atom is -0.480 e. The monoisotopic (exact) mass is 529 g/mol. The third-order valence-corrected chi connectivity index (χ3v) is 6.91. The van der Waals surface area contributed by atoms with Crippen molar-refractivity contribution in [1.82, 2.24) is 5.32 Å². The molecule has 1 atom stereocenters. The molecule has 2 heterocycles. The van der Waals surface area contributed by atoms with Crippen LogP contribution in [0.1, 0.15) is 22.5 Å². The van der Waals surface area contributed by atoms with Crippen molar-refractivity contribution in [2.24, 2.45) is 0 Å². The topological polar surface area (TPSA) is 110 Å². The van der Waals surface area contributed by atoms with Gasteiger partial charge in [0.1, 0.15) is 23.0 Å². The lowest BCUT2D eigenvalue weighted by Crippen LogP contribution is -2.43. The number of rotatable bonds is 7. The lowest BCUT2D eigenvalue weighted by atomic mass is 9.98. The predicted molar refractivity (Wildman–Crippen MR) is 146 cm³/mol. The fourth-order valence-electron chi connectivity index (χ4n) is 4.73. The summed E-state index contributed by atoms with van der Waals surface area (Å²) in [6.07, 6.45) is -0.244. The first-order valence-electron chi connectivity index (χ1n) is 12.0. The maximum atomic E-state index is 12.9. The number of hydrogen-bond donors (Lipinski definition) is 2. The highest BCUT2D eigenvalue weighted by Crippen LogP contribution is 2.37. The largest absolute Gasteiger partial charge is 0.480 e. The lowest BCUT2D eigenvalue weighted by Gasteiger charge is -2.15. The van der Waals surface area contributed by atoms with Gasteiger partial charge in [0.2, 0.25) is 5.91 Å². The van der Waals surface area contributed by atoms with Gasteiger partial charge in [0.25, 0.3) is 0 Å². The average Bonchev–Trinajstić information content (AvgIpc) is 3.21. The van der Waals surface area contributed by atoms with Crippen LogP contribution in [0.5, 0.6) is 0 Å². The third-order valence-electron chi connectivity index (χ3n) is 6.66. The summed E-state index contributed by atoms with van der Waals surface area (Å²) in [7, 11) is 0. The maximum Gasteiger partial charge on any atom is 0.340 e. The Balaban J connectivity index is 1.47. The Morgan fingerprint density at radius 2 is 1.63 bits per heavy atom. The number of carbonyl (C=O) groups excluding carboxylic acids is 1. The summed E-state index contributed by atoms with van der Waals surface area (Å²) in [5.74, 6) is -1.03. The standard InChI is InChI=1S/C30H24ClNO6/c1-16-21-13-23-26(37-17(2)28(23)19-6-4-3-5-7-19)15-25(21)38-30(36)22(16)14-27(33)32-24(29(34)35)12-18-8-10-20(31)11-9-18/h3-11,13,15,24H,12,14H2,1-2H3,(H,32,33)(H,34,35)/t24-/m1/s1. The zero-order valence-electron chi connectivity index (χ0n) is 20.7. The van der Waals surface area contributed by atoms with Crippen molar-refractivity contribution >= 4 is 45.4 Å². The molecule has 5 rings (SSSR count). The van der Waals surface area contributed by atoms with E-state index >= 15 is 0 Å². The molecular weight excluding hydrogens is 506 g/mol. The molecule has 38 heavy (non-hydrogen) atoms. The zero-order valence-corrected chi connectivity index (χ0v) is 21.5. The van der Waals surface area contributed by atoms with Gasteiger partial charge in [-0.1, -0.05) is 54.1 Å². The lowest BCUT2D eigenvalue weighted by molar-refractivity contribution is -0.141. The molecule has 0 saturated heterocycles. The van der Waals surface area contributed by atoms with Gasteiger partial charge >= 0.3 is 11.6 Å². The SMILES string of the molecule is Cc1oc2cc3oc(=O)c(CC(=O)N[C@H](Cc4ccc(Cl)cc4)C(=O)O)c(C)c3cc2c1-c1ccccc1. The van der Waals surface area contributed by atoms with E-state index < -0.39 is 23.5 Å². The van der Waals surface area contributed by atoms with Crippen molar-refractivity contribution in [3.63, 3.8) is 0 Å². The molecule has 0 aliphatic rings. The van der Waals surface area contributed by atoms with Crippen molar-refractivity contribution in [1.29, 1.82) is 0 Å². The highest BCUT2D eigenvalue weighted by Gasteiger charge is 2.23. The summed E-state index contributed by atoms with van der Waals surface area (Å²) >= 11 is 5.90. The number of nitrogens with one attached hydrogen (secondary N) is 1. The van der Waals surface area contributed by atoms with Gasteiger partial charge in [-0.3, -0.25) is 4.79 Å². The molecular formula is C30H24ClNO6. The second kappa shape index (κ2) is 10.2. The average molecular weight is 530 g/mol. The molecule has 3 aromatic carbocycles. The van der Waals surface area contributed by atoms with E-state index in [1.807, 2.05) is 43.3 Å². The van der Waals surface area contributed by atoms with Crippen molar-refractivity contribution in [2.45, 2.75) is 32.7 Å². The van der Waals surface area contributed by atoms with E-state index in [2.05, 4.69) is 5.32 Å². The molecule has 0 saturated carbocycles. The molecule has 2 aromatic heterocycles. The Hall–Kier alpha value is -4.36. The van der Waals surface area contributed by atoms with Crippen LogP contribution in [-0.2, 0) is 22.4 Å². The minimum absolute atomic E-state index is 0.0731. The Morgan fingerprint density at radius 3 is 2.32 bits per heavy atom. The zero-order chi connectivity index (χ0) is 27.0. The first kappa shape index (κ1) is 25.3. The first-order chi connectivity index (χ1) is 18.2. The molecule has 8 heteroatoms. The van der Waals surface area contributed by atoms with Gasteiger partial charge < -0.3 is 19.3 Å². The van der Waals surface area contributed by atoms with Gasteiger partial charge in [-0.25, -0.2) is 9.59 Å². The quantitative estimate of drug-likeness (QED) is 0.257. The summed E-state index contributed by atoms with van der Waals surface area (Å²) in [6.45, 7) is 3.64. The van der Waals surface area contributed by atoms with E-state index in [1.165, 1.54) is 0 Å². The van der Waals surface area contributed by atoms with Crippen LogP contribution in [0.25, 0.3) is 33.1 Å². The molecule has 0 aliphatic carbocycles. The van der Waals surface area contributed by atoms with E-state index in [0.717, 1.165) is 22.3 Å². The molecule has 192 valence electrons. The first-order valence-corrected chi connectivity index (χ1v) is 12.4. The van der Waals surface area contributed by atoms with Crippen LogP contribution in [-0.4, -0.2) is 23.0 Å². The summed E-state index contributed by atoms with van der Waals surface area (Å²) in [6, 6.07) is 19.0. The van der Waals surface area contributed by atoms with Crippen molar-refractivity contribution in [3.8, 4) is 11.1 Å². The minimum atomic E-state index is -1.18. The number of furan rings is 1. The number of carbonyl (C=O) groups is 2. The van der Waals surface area contributed by atoms with Gasteiger partial charge in [-0.2, -0.15) is 0 Å². The van der Waals surface area contributed by atoms with Crippen molar-refractivity contribution in [2.75, 3.05) is 0 Å². The van der Waals surface area contributed by atoms with E-state index in [9.17, 15) is 19.5 Å². The molecule has 2 N–H and O–H groups in total. The van der Waals surface area contributed by atoms with Gasteiger partial charge in [0, 0.05) is 33.8 Å². The number of fused-ring (bicyclic) bond motifs is 2. The second-order valence-electron chi connectivity index (χ2n) is 9.20.